The standard InChI is InChI=1S/C25H28O4/c1-16-8-6-5-7-9-19-10-11-20(28-15-19)21-22(26)25(29-23(21)27)14-18(3)17(2)13-24(25,4)12-16/h6,8-13,18H,5,7,14-15H2,1-4H3/b8-6?,16-12?,19-9?,21-20-. The van der Waals surface area contributed by atoms with Gasteiger partial charge in [0.05, 0.1) is 5.41 Å². The highest BCUT2D eigenvalue weighted by Gasteiger charge is 2.63. The van der Waals surface area contributed by atoms with Crippen LogP contribution in [0.5, 0.6) is 0 Å². The SMILES string of the molecule is CC1=CC2(C)C=C(C)C(C)CC23OC(=O)/C(=C2/C=CC(=CCCC=C1)CO2)C3=O. The number of hydrogen-bond donors (Lipinski definition) is 0. The van der Waals surface area contributed by atoms with Crippen LogP contribution in [-0.4, -0.2) is 24.0 Å². The van der Waals surface area contributed by atoms with Gasteiger partial charge in [-0.2, -0.15) is 0 Å². The average Bonchev–Trinajstić information content (AvgIpc) is 2.91. The first-order chi connectivity index (χ1) is 13.8. The van der Waals surface area contributed by atoms with Crippen molar-refractivity contribution >= 4 is 11.8 Å². The minimum absolute atomic E-state index is 0.0446. The zero-order valence-corrected chi connectivity index (χ0v) is 17.6. The van der Waals surface area contributed by atoms with E-state index in [1.807, 2.05) is 19.9 Å². The Kier molecular flexibility index (Phi) is 4.76. The number of esters is 1. The lowest BCUT2D eigenvalue weighted by Gasteiger charge is -2.45. The highest BCUT2D eigenvalue weighted by Crippen LogP contribution is 2.53. The fraction of sp³-hybridized carbons (Fsp3) is 0.440. The second kappa shape index (κ2) is 7.01. The van der Waals surface area contributed by atoms with Crippen molar-refractivity contribution in [3.8, 4) is 0 Å². The minimum atomic E-state index is -1.24. The van der Waals surface area contributed by atoms with Crippen LogP contribution in [0.3, 0.4) is 0 Å². The molecule has 4 heteroatoms. The molecule has 2 aliphatic carbocycles. The molecule has 5 aliphatic rings. The Morgan fingerprint density at radius 1 is 1.07 bits per heavy atom. The zero-order chi connectivity index (χ0) is 20.8. The summed E-state index contributed by atoms with van der Waals surface area (Å²) in [5.74, 6) is -0.380. The molecule has 1 spiro atoms. The van der Waals surface area contributed by atoms with Crippen molar-refractivity contribution in [2.75, 3.05) is 6.61 Å². The van der Waals surface area contributed by atoms with E-state index in [9.17, 15) is 9.59 Å². The summed E-state index contributed by atoms with van der Waals surface area (Å²) in [6.45, 7) is 8.54. The van der Waals surface area contributed by atoms with E-state index in [0.717, 1.165) is 24.0 Å². The summed E-state index contributed by atoms with van der Waals surface area (Å²) in [6.07, 6.45) is 16.5. The van der Waals surface area contributed by atoms with E-state index >= 15 is 0 Å². The van der Waals surface area contributed by atoms with Crippen LogP contribution in [0.4, 0.5) is 0 Å². The number of fused-ring (bicyclic) bond motifs is 5. The van der Waals surface area contributed by atoms with Gasteiger partial charge in [0.25, 0.3) is 0 Å². The maximum Gasteiger partial charge on any atom is 0.346 e. The second-order valence-corrected chi connectivity index (χ2v) is 8.83. The van der Waals surface area contributed by atoms with Crippen molar-refractivity contribution < 1.29 is 19.1 Å². The van der Waals surface area contributed by atoms with Gasteiger partial charge in [-0.15, -0.1) is 0 Å². The Balaban J connectivity index is 1.95. The van der Waals surface area contributed by atoms with Crippen molar-refractivity contribution in [3.05, 3.63) is 70.6 Å². The van der Waals surface area contributed by atoms with Crippen molar-refractivity contribution in [3.63, 3.8) is 0 Å². The van der Waals surface area contributed by atoms with Crippen molar-refractivity contribution in [2.24, 2.45) is 11.3 Å². The van der Waals surface area contributed by atoms with Crippen molar-refractivity contribution in [2.45, 2.75) is 52.6 Å². The van der Waals surface area contributed by atoms with Crippen LogP contribution >= 0.6 is 0 Å². The van der Waals surface area contributed by atoms with Crippen molar-refractivity contribution in [1.29, 1.82) is 0 Å². The molecule has 0 amide bonds. The third kappa shape index (κ3) is 3.15. The van der Waals surface area contributed by atoms with E-state index in [0.29, 0.717) is 18.8 Å². The summed E-state index contributed by atoms with van der Waals surface area (Å²) in [4.78, 5) is 26.7. The van der Waals surface area contributed by atoms with Crippen LogP contribution in [0.25, 0.3) is 0 Å². The maximum atomic E-state index is 13.8. The van der Waals surface area contributed by atoms with Gasteiger partial charge >= 0.3 is 5.97 Å². The van der Waals surface area contributed by atoms with E-state index in [2.05, 4.69) is 44.2 Å². The van der Waals surface area contributed by atoms with Gasteiger partial charge in [-0.1, -0.05) is 54.5 Å². The molecule has 0 aromatic heterocycles. The molecule has 0 aromatic carbocycles. The first kappa shape index (κ1) is 19.7. The van der Waals surface area contributed by atoms with Crippen LogP contribution in [0.2, 0.25) is 0 Å². The Morgan fingerprint density at radius 3 is 2.59 bits per heavy atom. The van der Waals surface area contributed by atoms with Crippen LogP contribution in [0, 0.1) is 11.3 Å². The van der Waals surface area contributed by atoms with Crippen LogP contribution in [-0.2, 0) is 19.1 Å². The number of carbonyl (C=O) groups is 2. The Labute approximate surface area is 172 Å². The lowest BCUT2D eigenvalue weighted by molar-refractivity contribution is -0.162. The van der Waals surface area contributed by atoms with Crippen LogP contribution in [0.15, 0.2) is 70.6 Å². The molecule has 3 atom stereocenters. The summed E-state index contributed by atoms with van der Waals surface area (Å²) >= 11 is 0. The molecule has 0 radical (unpaired) electrons. The number of Topliss-reactive ketones (excluding diaryl/α,β-unsaturated/α-hetero) is 1. The predicted octanol–water partition coefficient (Wildman–Crippen LogP) is 4.91. The van der Waals surface area contributed by atoms with Gasteiger partial charge in [-0.05, 0) is 51.2 Å². The number of ketones is 1. The molecule has 29 heavy (non-hydrogen) atoms. The summed E-state index contributed by atoms with van der Waals surface area (Å²) in [5.41, 5.74) is 1.38. The zero-order valence-electron chi connectivity index (χ0n) is 17.6. The Bertz CT molecular complexity index is 955. The molecule has 1 fully saturated rings. The maximum absolute atomic E-state index is 13.8. The number of allylic oxidation sites excluding steroid dienone is 6. The second-order valence-electron chi connectivity index (χ2n) is 8.83. The molecule has 4 bridgehead atoms. The van der Waals surface area contributed by atoms with Gasteiger partial charge in [0.2, 0.25) is 5.78 Å². The molecule has 1 saturated heterocycles. The summed E-state index contributed by atoms with van der Waals surface area (Å²) in [6, 6.07) is 0. The minimum Gasteiger partial charge on any atom is -0.488 e. The summed E-state index contributed by atoms with van der Waals surface area (Å²) < 4.78 is 11.8. The third-order valence-corrected chi connectivity index (χ3v) is 6.57. The fourth-order valence-electron chi connectivity index (χ4n) is 4.83. The quantitative estimate of drug-likeness (QED) is 0.334. The Hall–Kier alpha value is -2.62. The molecule has 0 saturated carbocycles. The van der Waals surface area contributed by atoms with E-state index in [1.54, 1.807) is 6.08 Å². The van der Waals surface area contributed by atoms with Gasteiger partial charge in [0.1, 0.15) is 17.9 Å². The third-order valence-electron chi connectivity index (χ3n) is 6.57. The van der Waals surface area contributed by atoms with Crippen LogP contribution < -0.4 is 0 Å². The van der Waals surface area contributed by atoms with Gasteiger partial charge in [-0.25, -0.2) is 4.79 Å². The average molecular weight is 392 g/mol. The molecule has 3 heterocycles. The van der Waals surface area contributed by atoms with E-state index in [1.165, 1.54) is 5.57 Å². The molecule has 4 nitrogen and oxygen atoms in total. The number of rotatable bonds is 0. The Morgan fingerprint density at radius 2 is 1.86 bits per heavy atom. The van der Waals surface area contributed by atoms with E-state index in [-0.39, 0.29) is 17.3 Å². The molecule has 152 valence electrons. The largest absolute Gasteiger partial charge is 0.488 e. The highest BCUT2D eigenvalue weighted by atomic mass is 16.6. The molecule has 5 rings (SSSR count). The molecule has 3 unspecified atom stereocenters. The number of carbonyl (C=O) groups excluding carboxylic acids is 2. The summed E-state index contributed by atoms with van der Waals surface area (Å²) in [5, 5.41) is 0. The van der Waals surface area contributed by atoms with Gasteiger partial charge in [-0.3, -0.25) is 4.79 Å². The molecule has 3 aliphatic heterocycles. The number of ether oxygens (including phenoxy) is 2. The molecule has 0 aromatic rings. The van der Waals surface area contributed by atoms with E-state index in [4.69, 9.17) is 9.47 Å². The molecular weight excluding hydrogens is 364 g/mol. The molecule has 0 N–H and O–H groups in total. The number of hydrogen-bond acceptors (Lipinski definition) is 4. The molecular formula is C25H28O4. The first-order valence-electron chi connectivity index (χ1n) is 10.3. The van der Waals surface area contributed by atoms with Gasteiger partial charge in [0, 0.05) is 6.42 Å². The first-order valence-corrected chi connectivity index (χ1v) is 10.3. The van der Waals surface area contributed by atoms with Crippen molar-refractivity contribution in [1.82, 2.24) is 0 Å². The lowest BCUT2D eigenvalue weighted by Crippen LogP contribution is -2.53. The smallest absolute Gasteiger partial charge is 0.346 e. The van der Waals surface area contributed by atoms with Crippen LogP contribution in [0.1, 0.15) is 47.0 Å². The van der Waals surface area contributed by atoms with E-state index < -0.39 is 17.0 Å². The normalized spacial score (nSPS) is 37.0. The van der Waals surface area contributed by atoms with Gasteiger partial charge < -0.3 is 9.47 Å². The predicted molar refractivity (Wildman–Crippen MR) is 112 cm³/mol. The summed E-state index contributed by atoms with van der Waals surface area (Å²) in [7, 11) is 0. The topological polar surface area (TPSA) is 52.6 Å². The van der Waals surface area contributed by atoms with Gasteiger partial charge in [0.15, 0.2) is 5.60 Å². The monoisotopic (exact) mass is 392 g/mol. The lowest BCUT2D eigenvalue weighted by atomic mass is 9.61. The highest BCUT2D eigenvalue weighted by molar-refractivity contribution is 6.26. The fourth-order valence-corrected chi connectivity index (χ4v) is 4.83.